The van der Waals surface area contributed by atoms with Crippen LogP contribution >= 0.6 is 0 Å². The second kappa shape index (κ2) is 7.13. The second-order valence-corrected chi connectivity index (χ2v) is 6.02. The van der Waals surface area contributed by atoms with Crippen molar-refractivity contribution >= 4 is 5.91 Å². The monoisotopic (exact) mass is 252 g/mol. The van der Waals surface area contributed by atoms with Crippen molar-refractivity contribution in [2.45, 2.75) is 70.3 Å². The van der Waals surface area contributed by atoms with Crippen molar-refractivity contribution in [3.05, 3.63) is 0 Å². The van der Waals surface area contributed by atoms with Crippen LogP contribution in [0.1, 0.15) is 64.2 Å². The van der Waals surface area contributed by atoms with Gasteiger partial charge in [-0.2, -0.15) is 0 Å². The third-order valence-electron chi connectivity index (χ3n) is 4.63. The molecule has 0 aromatic heterocycles. The number of carbonyl (C=O) groups excluding carboxylic acids is 1. The Morgan fingerprint density at radius 3 is 2.33 bits per heavy atom. The van der Waals surface area contributed by atoms with E-state index >= 15 is 0 Å². The van der Waals surface area contributed by atoms with E-state index in [1.807, 2.05) is 0 Å². The zero-order chi connectivity index (χ0) is 12.8. The standard InChI is InChI=1S/C15H28N2O/c16-10-5-11-17(14-8-2-1-3-9-14)15(18)12-13-6-4-7-13/h13-14H,1-12,16H2. The summed E-state index contributed by atoms with van der Waals surface area (Å²) >= 11 is 0. The van der Waals surface area contributed by atoms with E-state index < -0.39 is 0 Å². The summed E-state index contributed by atoms with van der Waals surface area (Å²) in [5, 5.41) is 0. The number of nitrogens with zero attached hydrogens (tertiary/aromatic N) is 1. The van der Waals surface area contributed by atoms with Crippen molar-refractivity contribution in [1.82, 2.24) is 4.90 Å². The molecule has 0 aliphatic heterocycles. The highest BCUT2D eigenvalue weighted by atomic mass is 16.2. The lowest BCUT2D eigenvalue weighted by molar-refractivity contribution is -0.136. The van der Waals surface area contributed by atoms with Gasteiger partial charge < -0.3 is 10.6 Å². The molecule has 0 heterocycles. The number of hydrogen-bond donors (Lipinski definition) is 1. The number of nitrogens with two attached hydrogens (primary N) is 1. The van der Waals surface area contributed by atoms with Gasteiger partial charge in [-0.15, -0.1) is 0 Å². The van der Waals surface area contributed by atoms with Gasteiger partial charge in [0.05, 0.1) is 0 Å². The average Bonchev–Trinajstić information content (AvgIpc) is 2.36. The maximum absolute atomic E-state index is 12.4. The van der Waals surface area contributed by atoms with Crippen molar-refractivity contribution in [3.8, 4) is 0 Å². The van der Waals surface area contributed by atoms with Gasteiger partial charge >= 0.3 is 0 Å². The van der Waals surface area contributed by atoms with Crippen LogP contribution in [-0.2, 0) is 4.79 Å². The third kappa shape index (κ3) is 3.71. The average molecular weight is 252 g/mol. The molecule has 2 saturated carbocycles. The lowest BCUT2D eigenvalue weighted by atomic mass is 9.82. The summed E-state index contributed by atoms with van der Waals surface area (Å²) in [4.78, 5) is 14.6. The lowest BCUT2D eigenvalue weighted by Crippen LogP contribution is -2.43. The number of hydrogen-bond acceptors (Lipinski definition) is 2. The fraction of sp³-hybridized carbons (Fsp3) is 0.933. The van der Waals surface area contributed by atoms with Gasteiger partial charge in [0.25, 0.3) is 0 Å². The van der Waals surface area contributed by atoms with Crippen LogP contribution in [0.5, 0.6) is 0 Å². The molecular formula is C15H28N2O. The van der Waals surface area contributed by atoms with E-state index in [1.165, 1.54) is 51.4 Å². The molecule has 3 nitrogen and oxygen atoms in total. The van der Waals surface area contributed by atoms with Crippen molar-refractivity contribution in [2.75, 3.05) is 13.1 Å². The molecule has 2 rings (SSSR count). The fourth-order valence-corrected chi connectivity index (χ4v) is 3.23. The van der Waals surface area contributed by atoms with E-state index in [-0.39, 0.29) is 0 Å². The van der Waals surface area contributed by atoms with Gasteiger partial charge in [0, 0.05) is 19.0 Å². The fourth-order valence-electron chi connectivity index (χ4n) is 3.23. The summed E-state index contributed by atoms with van der Waals surface area (Å²) < 4.78 is 0. The molecule has 18 heavy (non-hydrogen) atoms. The molecule has 2 fully saturated rings. The Balaban J connectivity index is 1.86. The zero-order valence-corrected chi connectivity index (χ0v) is 11.6. The van der Waals surface area contributed by atoms with Crippen molar-refractivity contribution in [1.29, 1.82) is 0 Å². The number of rotatable bonds is 6. The Morgan fingerprint density at radius 1 is 1.06 bits per heavy atom. The summed E-state index contributed by atoms with van der Waals surface area (Å²) in [5.74, 6) is 1.08. The van der Waals surface area contributed by atoms with Crippen molar-refractivity contribution in [2.24, 2.45) is 11.7 Å². The molecule has 0 bridgehead atoms. The molecule has 0 saturated heterocycles. The molecule has 0 aromatic carbocycles. The van der Waals surface area contributed by atoms with E-state index in [0.717, 1.165) is 19.4 Å². The minimum absolute atomic E-state index is 0.403. The van der Waals surface area contributed by atoms with E-state index in [1.54, 1.807) is 0 Å². The largest absolute Gasteiger partial charge is 0.340 e. The first-order valence-corrected chi connectivity index (χ1v) is 7.81. The van der Waals surface area contributed by atoms with Crippen LogP contribution in [0.2, 0.25) is 0 Å². The summed E-state index contributed by atoms with van der Waals surface area (Å²) in [5.41, 5.74) is 5.61. The van der Waals surface area contributed by atoms with Crippen LogP contribution in [0, 0.1) is 5.92 Å². The van der Waals surface area contributed by atoms with Gasteiger partial charge in [-0.25, -0.2) is 0 Å². The van der Waals surface area contributed by atoms with Crippen molar-refractivity contribution < 1.29 is 4.79 Å². The maximum atomic E-state index is 12.4. The first-order chi connectivity index (χ1) is 8.81. The first kappa shape index (κ1) is 13.9. The molecule has 3 heteroatoms. The highest BCUT2D eigenvalue weighted by molar-refractivity contribution is 5.76. The molecule has 0 unspecified atom stereocenters. The van der Waals surface area contributed by atoms with Crippen LogP contribution in [0.25, 0.3) is 0 Å². The van der Waals surface area contributed by atoms with Gasteiger partial charge in [0.1, 0.15) is 0 Å². The lowest BCUT2D eigenvalue weighted by Gasteiger charge is -2.36. The van der Waals surface area contributed by atoms with Crippen LogP contribution in [-0.4, -0.2) is 29.9 Å². The highest BCUT2D eigenvalue weighted by Crippen LogP contribution is 2.31. The second-order valence-electron chi connectivity index (χ2n) is 6.02. The maximum Gasteiger partial charge on any atom is 0.223 e. The quantitative estimate of drug-likeness (QED) is 0.790. The summed E-state index contributed by atoms with van der Waals surface area (Å²) in [6.45, 7) is 1.58. The Hall–Kier alpha value is -0.570. The minimum Gasteiger partial charge on any atom is -0.340 e. The molecule has 1 amide bonds. The molecule has 0 aromatic rings. The highest BCUT2D eigenvalue weighted by Gasteiger charge is 2.28. The molecule has 0 spiro atoms. The predicted octanol–water partition coefficient (Wildman–Crippen LogP) is 2.69. The van der Waals surface area contributed by atoms with Crippen LogP contribution in [0.4, 0.5) is 0 Å². The molecule has 2 N–H and O–H groups in total. The number of amides is 1. The van der Waals surface area contributed by atoms with Gasteiger partial charge in [0.2, 0.25) is 5.91 Å². The molecule has 2 aliphatic carbocycles. The van der Waals surface area contributed by atoms with E-state index in [0.29, 0.717) is 24.4 Å². The first-order valence-electron chi connectivity index (χ1n) is 7.81. The topological polar surface area (TPSA) is 46.3 Å². The van der Waals surface area contributed by atoms with E-state index in [2.05, 4.69) is 4.90 Å². The van der Waals surface area contributed by atoms with Crippen molar-refractivity contribution in [3.63, 3.8) is 0 Å². The Kier molecular flexibility index (Phi) is 5.48. The molecule has 2 aliphatic rings. The zero-order valence-electron chi connectivity index (χ0n) is 11.6. The van der Waals surface area contributed by atoms with Crippen LogP contribution < -0.4 is 5.73 Å². The van der Waals surface area contributed by atoms with Gasteiger partial charge in [-0.3, -0.25) is 4.79 Å². The van der Waals surface area contributed by atoms with Crippen LogP contribution in [0.15, 0.2) is 0 Å². The van der Waals surface area contributed by atoms with Gasteiger partial charge in [-0.05, 0) is 44.6 Å². The normalized spacial score (nSPS) is 21.6. The van der Waals surface area contributed by atoms with Gasteiger partial charge in [0.15, 0.2) is 0 Å². The van der Waals surface area contributed by atoms with E-state index in [4.69, 9.17) is 5.73 Å². The van der Waals surface area contributed by atoms with E-state index in [9.17, 15) is 4.79 Å². The predicted molar refractivity (Wildman–Crippen MR) is 74.2 cm³/mol. The summed E-state index contributed by atoms with van der Waals surface area (Å²) in [6.07, 6.45) is 11.9. The van der Waals surface area contributed by atoms with Gasteiger partial charge in [-0.1, -0.05) is 25.7 Å². The summed E-state index contributed by atoms with van der Waals surface area (Å²) in [6, 6.07) is 0.512. The minimum atomic E-state index is 0.403. The van der Waals surface area contributed by atoms with Crippen LogP contribution in [0.3, 0.4) is 0 Å². The summed E-state index contributed by atoms with van der Waals surface area (Å²) in [7, 11) is 0. The third-order valence-corrected chi connectivity index (χ3v) is 4.63. The SMILES string of the molecule is NCCCN(C(=O)CC1CCC1)C1CCCCC1. The molecular weight excluding hydrogens is 224 g/mol. The smallest absolute Gasteiger partial charge is 0.223 e. The Bertz CT molecular complexity index is 257. The molecule has 0 atom stereocenters. The molecule has 0 radical (unpaired) electrons. The number of carbonyl (C=O) groups is 1. The Labute approximate surface area is 111 Å². The Morgan fingerprint density at radius 2 is 1.78 bits per heavy atom. The molecule has 104 valence electrons.